The van der Waals surface area contributed by atoms with Gasteiger partial charge in [-0.05, 0) is 37.0 Å². The second-order valence-electron chi connectivity index (χ2n) is 8.55. The monoisotopic (exact) mass is 442 g/mol. The molecule has 0 saturated carbocycles. The molecule has 1 aromatic carbocycles. The lowest BCUT2D eigenvalue weighted by Crippen LogP contribution is -2.49. The number of anilines is 1. The van der Waals surface area contributed by atoms with Crippen molar-refractivity contribution in [1.29, 1.82) is 0 Å². The number of rotatable bonds is 4. The second-order valence-corrected chi connectivity index (χ2v) is 8.55. The second kappa shape index (κ2) is 9.02. The number of Topliss-reactive ketones (excluding diaryl/α,β-unsaturated/α-hetero) is 1. The van der Waals surface area contributed by atoms with Crippen molar-refractivity contribution in [2.75, 3.05) is 31.1 Å². The largest absolute Gasteiger partial charge is 0.459 e. The maximum absolute atomic E-state index is 12.9. The highest BCUT2D eigenvalue weighted by Gasteiger charge is 2.30. The summed E-state index contributed by atoms with van der Waals surface area (Å²) >= 11 is 0. The molecule has 0 bridgehead atoms. The van der Waals surface area contributed by atoms with Crippen LogP contribution in [0.4, 0.5) is 5.95 Å². The summed E-state index contributed by atoms with van der Waals surface area (Å²) in [5, 5.41) is 0. The number of aryl methyl sites for hydroxylation is 1. The molecule has 1 aliphatic heterocycles. The molecular formula is C26H26N4O3. The maximum atomic E-state index is 12.9. The Morgan fingerprint density at radius 1 is 1.03 bits per heavy atom. The van der Waals surface area contributed by atoms with Crippen molar-refractivity contribution in [3.63, 3.8) is 0 Å². The molecule has 2 aliphatic rings. The maximum Gasteiger partial charge on any atom is 0.289 e. The smallest absolute Gasteiger partial charge is 0.289 e. The molecule has 3 aromatic rings. The highest BCUT2D eigenvalue weighted by molar-refractivity contribution is 5.99. The van der Waals surface area contributed by atoms with E-state index in [1.165, 1.54) is 6.26 Å². The van der Waals surface area contributed by atoms with Crippen molar-refractivity contribution in [3.05, 3.63) is 83.1 Å². The van der Waals surface area contributed by atoms with Gasteiger partial charge < -0.3 is 14.2 Å². The van der Waals surface area contributed by atoms with Gasteiger partial charge in [0.25, 0.3) is 5.91 Å². The first kappa shape index (κ1) is 21.1. The number of amides is 1. The number of fused-ring (bicyclic) bond motifs is 1. The Bertz CT molecular complexity index is 1180. The van der Waals surface area contributed by atoms with E-state index in [9.17, 15) is 9.59 Å². The zero-order valence-corrected chi connectivity index (χ0v) is 18.6. The fourth-order valence-corrected chi connectivity index (χ4v) is 4.54. The Balaban J connectivity index is 1.30. The first-order valence-corrected chi connectivity index (χ1v) is 11.3. The van der Waals surface area contributed by atoms with Crippen LogP contribution in [0.3, 0.4) is 0 Å². The summed E-state index contributed by atoms with van der Waals surface area (Å²) in [5.41, 5.74) is 3.36. The first-order chi connectivity index (χ1) is 16.1. The van der Waals surface area contributed by atoms with Crippen LogP contribution in [-0.2, 0) is 6.42 Å². The standard InChI is InChI=1S/C26H26N4O3/c1-18-24-21(16-20(17-22(24)31)10-9-19-6-3-2-4-7-19)28-26(27-18)30-13-11-29(12-14-30)25(32)23-8-5-15-33-23/h2-10,15,20H,11-14,16-17H2,1H3/b10-9+/t20-/m0/s1. The molecule has 3 heterocycles. The van der Waals surface area contributed by atoms with Gasteiger partial charge in [0.1, 0.15) is 0 Å². The van der Waals surface area contributed by atoms with Crippen molar-refractivity contribution in [1.82, 2.24) is 14.9 Å². The highest BCUT2D eigenvalue weighted by atomic mass is 16.3. The minimum atomic E-state index is -0.0965. The summed E-state index contributed by atoms with van der Waals surface area (Å²) in [4.78, 5) is 38.7. The Morgan fingerprint density at radius 3 is 2.55 bits per heavy atom. The Morgan fingerprint density at radius 2 is 1.82 bits per heavy atom. The van der Waals surface area contributed by atoms with E-state index in [1.807, 2.05) is 25.1 Å². The van der Waals surface area contributed by atoms with Gasteiger partial charge in [-0.1, -0.05) is 42.5 Å². The molecule has 1 fully saturated rings. The van der Waals surface area contributed by atoms with Gasteiger partial charge >= 0.3 is 0 Å². The van der Waals surface area contributed by atoms with Gasteiger partial charge in [-0.15, -0.1) is 0 Å². The average molecular weight is 443 g/mol. The van der Waals surface area contributed by atoms with E-state index in [-0.39, 0.29) is 17.6 Å². The van der Waals surface area contributed by atoms with Crippen LogP contribution < -0.4 is 4.90 Å². The third-order valence-corrected chi connectivity index (χ3v) is 6.28. The van der Waals surface area contributed by atoms with E-state index in [0.717, 1.165) is 23.4 Å². The van der Waals surface area contributed by atoms with E-state index in [4.69, 9.17) is 9.40 Å². The number of allylic oxidation sites excluding steroid dienone is 1. The molecule has 1 amide bonds. The topological polar surface area (TPSA) is 79.5 Å². The number of hydrogen-bond donors (Lipinski definition) is 0. The van der Waals surface area contributed by atoms with Crippen LogP contribution in [0.1, 0.15) is 44.3 Å². The van der Waals surface area contributed by atoms with Gasteiger partial charge in [0.2, 0.25) is 5.95 Å². The predicted octanol–water partition coefficient (Wildman–Crippen LogP) is 3.80. The number of carbonyl (C=O) groups excluding carboxylic acids is 2. The molecule has 0 radical (unpaired) electrons. The van der Waals surface area contributed by atoms with E-state index >= 15 is 0 Å². The normalized spacial score (nSPS) is 18.6. The van der Waals surface area contributed by atoms with Crippen molar-refractivity contribution < 1.29 is 14.0 Å². The van der Waals surface area contributed by atoms with Crippen molar-refractivity contribution in [3.8, 4) is 0 Å². The fourth-order valence-electron chi connectivity index (χ4n) is 4.54. The van der Waals surface area contributed by atoms with Crippen molar-refractivity contribution in [2.24, 2.45) is 5.92 Å². The van der Waals surface area contributed by atoms with Crippen LogP contribution in [0.5, 0.6) is 0 Å². The first-order valence-electron chi connectivity index (χ1n) is 11.3. The van der Waals surface area contributed by atoms with Gasteiger partial charge in [0.05, 0.1) is 23.2 Å². The van der Waals surface area contributed by atoms with Gasteiger partial charge in [0.15, 0.2) is 11.5 Å². The minimum Gasteiger partial charge on any atom is -0.459 e. The van der Waals surface area contributed by atoms with Crippen molar-refractivity contribution >= 4 is 23.7 Å². The van der Waals surface area contributed by atoms with E-state index in [1.54, 1.807) is 17.0 Å². The number of hydrogen-bond acceptors (Lipinski definition) is 6. The van der Waals surface area contributed by atoms with Crippen LogP contribution in [0.25, 0.3) is 6.08 Å². The SMILES string of the molecule is Cc1nc(N2CCN(C(=O)c3ccco3)CC2)nc2c1C(=O)C[C@@H](/C=C/c1ccccc1)C2. The molecule has 1 saturated heterocycles. The zero-order valence-electron chi connectivity index (χ0n) is 18.6. The number of carbonyl (C=O) groups is 2. The minimum absolute atomic E-state index is 0.0965. The lowest BCUT2D eigenvalue weighted by molar-refractivity contribution is 0.0713. The third kappa shape index (κ3) is 4.44. The number of furan rings is 1. The number of nitrogens with zero attached hydrogens (tertiary/aromatic N) is 4. The molecule has 7 nitrogen and oxygen atoms in total. The highest BCUT2D eigenvalue weighted by Crippen LogP contribution is 2.29. The molecule has 1 atom stereocenters. The van der Waals surface area contributed by atoms with Crippen LogP contribution in [0.2, 0.25) is 0 Å². The van der Waals surface area contributed by atoms with Crippen LogP contribution in [0.15, 0.2) is 59.2 Å². The van der Waals surface area contributed by atoms with Crippen LogP contribution in [-0.4, -0.2) is 52.7 Å². The summed E-state index contributed by atoms with van der Waals surface area (Å²) in [6.45, 7) is 4.30. The fraction of sp³-hybridized carbons (Fsp3) is 0.308. The van der Waals surface area contributed by atoms with Crippen LogP contribution in [0, 0.1) is 12.8 Å². The molecule has 0 N–H and O–H groups in total. The summed E-state index contributed by atoms with van der Waals surface area (Å²) in [6.07, 6.45) is 6.90. The molecule has 0 unspecified atom stereocenters. The Labute approximate surface area is 192 Å². The van der Waals surface area contributed by atoms with E-state index in [0.29, 0.717) is 49.9 Å². The number of piperazine rings is 1. The van der Waals surface area contributed by atoms with E-state index in [2.05, 4.69) is 34.2 Å². The Kier molecular flexibility index (Phi) is 5.77. The molecule has 33 heavy (non-hydrogen) atoms. The number of benzene rings is 1. The molecule has 168 valence electrons. The van der Waals surface area contributed by atoms with Crippen LogP contribution >= 0.6 is 0 Å². The lowest BCUT2D eigenvalue weighted by Gasteiger charge is -2.35. The average Bonchev–Trinajstić information content (AvgIpc) is 3.38. The van der Waals surface area contributed by atoms with Gasteiger partial charge in [0, 0.05) is 32.6 Å². The molecule has 1 aliphatic carbocycles. The summed E-state index contributed by atoms with van der Waals surface area (Å²) < 4.78 is 5.24. The van der Waals surface area contributed by atoms with E-state index < -0.39 is 0 Å². The molecule has 5 rings (SSSR count). The zero-order chi connectivity index (χ0) is 22.8. The molecule has 2 aromatic heterocycles. The number of ketones is 1. The lowest BCUT2D eigenvalue weighted by atomic mass is 9.85. The summed E-state index contributed by atoms with van der Waals surface area (Å²) in [7, 11) is 0. The van der Waals surface area contributed by atoms with Crippen molar-refractivity contribution in [2.45, 2.75) is 19.8 Å². The third-order valence-electron chi connectivity index (χ3n) is 6.28. The number of aromatic nitrogens is 2. The molecule has 7 heteroatoms. The Hall–Kier alpha value is -3.74. The summed E-state index contributed by atoms with van der Waals surface area (Å²) in [6, 6.07) is 13.5. The molecular weight excluding hydrogens is 416 g/mol. The van der Waals surface area contributed by atoms with Gasteiger partial charge in [-0.2, -0.15) is 0 Å². The van der Waals surface area contributed by atoms with Gasteiger partial charge in [-0.25, -0.2) is 9.97 Å². The summed E-state index contributed by atoms with van der Waals surface area (Å²) in [5.74, 6) is 1.13. The quantitative estimate of drug-likeness (QED) is 0.612. The van der Waals surface area contributed by atoms with Gasteiger partial charge in [-0.3, -0.25) is 9.59 Å². The molecule has 0 spiro atoms. The predicted molar refractivity (Wildman–Crippen MR) is 125 cm³/mol.